The number of nitrogens with zero attached hydrogens (tertiary/aromatic N) is 3. The number of fused-ring (bicyclic) bond motifs is 1. The zero-order valence-electron chi connectivity index (χ0n) is 23.4. The van der Waals surface area contributed by atoms with Crippen molar-refractivity contribution in [1.29, 1.82) is 5.26 Å². The van der Waals surface area contributed by atoms with Crippen LogP contribution in [0.2, 0.25) is 0 Å². The molecule has 0 aliphatic heterocycles. The lowest BCUT2D eigenvalue weighted by molar-refractivity contribution is -0.148. The van der Waals surface area contributed by atoms with Crippen molar-refractivity contribution in [2.45, 2.75) is 44.0 Å². The van der Waals surface area contributed by atoms with E-state index in [1.54, 1.807) is 62.4 Å². The fraction of sp³-hybridized carbons (Fsp3) is 0.290. The van der Waals surface area contributed by atoms with Gasteiger partial charge in [0.15, 0.2) is 0 Å². The lowest BCUT2D eigenvalue weighted by Crippen LogP contribution is -2.40. The minimum absolute atomic E-state index is 0.0114. The minimum Gasteiger partial charge on any atom is -0.466 e. The van der Waals surface area contributed by atoms with E-state index in [9.17, 15) is 18.0 Å². The summed E-state index contributed by atoms with van der Waals surface area (Å²) in [7, 11) is -4.18. The van der Waals surface area contributed by atoms with Crippen LogP contribution in [0.25, 0.3) is 11.0 Å². The molecule has 218 valence electrons. The summed E-state index contributed by atoms with van der Waals surface area (Å²) in [5.74, 6) is -0.511. The number of aromatic amines is 1. The van der Waals surface area contributed by atoms with E-state index in [0.29, 0.717) is 34.4 Å². The number of nitrogens with one attached hydrogen (secondary N) is 1. The number of rotatable bonds is 13. The molecule has 4 rings (SSSR count). The number of hydrogen-bond acceptors (Lipinski definition) is 8. The topological polar surface area (TPSA) is 142 Å². The second-order valence-electron chi connectivity index (χ2n) is 9.44. The third kappa shape index (κ3) is 7.21. The van der Waals surface area contributed by atoms with E-state index < -0.39 is 28.0 Å². The predicted molar refractivity (Wildman–Crippen MR) is 156 cm³/mol. The number of carbonyl (C=O) groups is 2. The predicted octanol–water partition coefficient (Wildman–Crippen LogP) is 4.66. The first-order chi connectivity index (χ1) is 20.3. The molecule has 0 saturated heterocycles. The van der Waals surface area contributed by atoms with Gasteiger partial charge < -0.3 is 14.5 Å². The van der Waals surface area contributed by atoms with Gasteiger partial charge in [-0.05, 0) is 67.8 Å². The van der Waals surface area contributed by atoms with Crippen LogP contribution in [-0.4, -0.2) is 54.4 Å². The molecule has 4 aromatic rings. The molecule has 1 heterocycles. The van der Waals surface area contributed by atoms with Crippen LogP contribution < -0.4 is 0 Å². The van der Waals surface area contributed by atoms with Crippen molar-refractivity contribution in [3.63, 3.8) is 0 Å². The highest BCUT2D eigenvalue weighted by atomic mass is 32.2. The maximum Gasteiger partial charge on any atom is 0.329 e. The summed E-state index contributed by atoms with van der Waals surface area (Å²) in [4.78, 5) is 33.4. The summed E-state index contributed by atoms with van der Waals surface area (Å²) in [6.45, 7) is 3.50. The third-order valence-electron chi connectivity index (χ3n) is 6.54. The smallest absolute Gasteiger partial charge is 0.329 e. The second kappa shape index (κ2) is 13.9. The van der Waals surface area contributed by atoms with Crippen molar-refractivity contribution in [2.75, 3.05) is 19.8 Å². The summed E-state index contributed by atoms with van der Waals surface area (Å²) in [5, 5.41) is 9.04. The van der Waals surface area contributed by atoms with Gasteiger partial charge in [0.2, 0.25) is 10.0 Å². The quantitative estimate of drug-likeness (QED) is 0.222. The fourth-order valence-corrected chi connectivity index (χ4v) is 6.22. The number of hydrogen-bond donors (Lipinski definition) is 1. The van der Waals surface area contributed by atoms with Crippen LogP contribution >= 0.6 is 0 Å². The molecule has 0 radical (unpaired) electrons. The molecule has 0 bridgehead atoms. The highest BCUT2D eigenvalue weighted by Crippen LogP contribution is 2.31. The molecule has 0 aliphatic rings. The Hall–Kier alpha value is -4.53. The fourth-order valence-electron chi connectivity index (χ4n) is 4.59. The third-order valence-corrected chi connectivity index (χ3v) is 8.42. The molecule has 42 heavy (non-hydrogen) atoms. The molecule has 3 aromatic carbocycles. The Labute approximate surface area is 244 Å². The summed E-state index contributed by atoms with van der Waals surface area (Å²) in [6.07, 6.45) is 0.615. The number of esters is 2. The maximum atomic E-state index is 13.9. The van der Waals surface area contributed by atoms with Gasteiger partial charge in [0.25, 0.3) is 0 Å². The first-order valence-corrected chi connectivity index (χ1v) is 15.1. The highest BCUT2D eigenvalue weighted by molar-refractivity contribution is 7.89. The molecule has 1 unspecified atom stereocenters. The van der Waals surface area contributed by atoms with Crippen LogP contribution in [0.4, 0.5) is 0 Å². The Bertz CT molecular complexity index is 1680. The number of imidazole rings is 1. The van der Waals surface area contributed by atoms with Crippen LogP contribution in [0, 0.1) is 11.3 Å². The van der Waals surface area contributed by atoms with E-state index in [-0.39, 0.29) is 37.5 Å². The molecule has 1 N–H and O–H groups in total. The average molecular weight is 589 g/mol. The molecule has 0 fully saturated rings. The van der Waals surface area contributed by atoms with Crippen molar-refractivity contribution in [3.05, 3.63) is 95.3 Å². The highest BCUT2D eigenvalue weighted by Gasteiger charge is 2.38. The van der Waals surface area contributed by atoms with Crippen molar-refractivity contribution in [3.8, 4) is 6.07 Å². The van der Waals surface area contributed by atoms with Crippen LogP contribution in [0.15, 0.2) is 77.7 Å². The largest absolute Gasteiger partial charge is 0.466 e. The summed E-state index contributed by atoms with van der Waals surface area (Å²) < 4.78 is 39.3. The number of sulfonamides is 1. The van der Waals surface area contributed by atoms with Crippen LogP contribution in [-0.2, 0) is 35.5 Å². The maximum absolute atomic E-state index is 13.9. The van der Waals surface area contributed by atoms with E-state index in [4.69, 9.17) is 14.7 Å². The zero-order chi connectivity index (χ0) is 30.1. The summed E-state index contributed by atoms with van der Waals surface area (Å²) in [5.41, 5.74) is 3.18. The minimum atomic E-state index is -4.18. The second-order valence-corrected chi connectivity index (χ2v) is 11.3. The van der Waals surface area contributed by atoms with E-state index >= 15 is 0 Å². The monoisotopic (exact) mass is 588 g/mol. The van der Waals surface area contributed by atoms with Crippen molar-refractivity contribution in [1.82, 2.24) is 14.3 Å². The number of aromatic nitrogens is 2. The van der Waals surface area contributed by atoms with Gasteiger partial charge in [-0.2, -0.15) is 9.57 Å². The molecule has 0 aliphatic carbocycles. The summed E-state index contributed by atoms with van der Waals surface area (Å²) >= 11 is 0. The summed E-state index contributed by atoms with van der Waals surface area (Å²) in [6, 6.07) is 20.9. The van der Waals surface area contributed by atoms with Crippen molar-refractivity contribution < 1.29 is 27.5 Å². The number of H-pyrrole nitrogens is 1. The van der Waals surface area contributed by atoms with E-state index in [0.717, 1.165) is 9.87 Å². The van der Waals surface area contributed by atoms with E-state index in [1.807, 2.05) is 12.1 Å². The van der Waals surface area contributed by atoms with Gasteiger partial charge in [0, 0.05) is 19.4 Å². The van der Waals surface area contributed by atoms with Crippen molar-refractivity contribution in [2.24, 2.45) is 0 Å². The molecule has 0 saturated carbocycles. The van der Waals surface area contributed by atoms with Crippen molar-refractivity contribution >= 4 is 33.0 Å². The first-order valence-electron chi connectivity index (χ1n) is 13.6. The molecular weight excluding hydrogens is 556 g/mol. The zero-order valence-corrected chi connectivity index (χ0v) is 24.3. The van der Waals surface area contributed by atoms with Crippen LogP contribution in [0.5, 0.6) is 0 Å². The Morgan fingerprint density at radius 2 is 1.71 bits per heavy atom. The number of nitriles is 1. The lowest BCUT2D eigenvalue weighted by Gasteiger charge is -2.29. The van der Waals surface area contributed by atoms with Gasteiger partial charge in [-0.25, -0.2) is 18.2 Å². The first kappa shape index (κ1) is 30.4. The van der Waals surface area contributed by atoms with Gasteiger partial charge in [0.05, 0.1) is 40.8 Å². The molecule has 10 nitrogen and oxygen atoms in total. The lowest BCUT2D eigenvalue weighted by atomic mass is 10.1. The standard InChI is InChI=1S/C31H32N4O6S/c1-3-40-29(36)11-8-18-35(42(38,39)25-9-6-5-7-10-25)30(31(37)41-4-2)24-16-17-26-27(20-24)34-28(33-26)19-22-12-14-23(21-32)15-13-22/h5-7,9-10,12-17,20,30H,3-4,8,11,18-19H2,1-2H3,(H,33,34). The molecular formula is C31H32N4O6S. The molecule has 11 heteroatoms. The Balaban J connectivity index is 1.72. The molecule has 1 atom stereocenters. The van der Waals surface area contributed by atoms with Gasteiger partial charge in [-0.3, -0.25) is 4.79 Å². The SMILES string of the molecule is CCOC(=O)CCCN(C(C(=O)OCC)c1ccc2nc(Cc3ccc(C#N)cc3)[nH]c2c1)S(=O)(=O)c1ccccc1. The van der Waals surface area contributed by atoms with Crippen LogP contribution in [0.1, 0.15) is 55.2 Å². The Morgan fingerprint density at radius 1 is 1.00 bits per heavy atom. The Morgan fingerprint density at radius 3 is 2.38 bits per heavy atom. The normalized spacial score (nSPS) is 12.1. The molecule has 1 aromatic heterocycles. The molecule has 0 amide bonds. The van der Waals surface area contributed by atoms with Gasteiger partial charge >= 0.3 is 11.9 Å². The van der Waals surface area contributed by atoms with Gasteiger partial charge in [-0.15, -0.1) is 0 Å². The van der Waals surface area contributed by atoms with Crippen LogP contribution in [0.3, 0.4) is 0 Å². The van der Waals surface area contributed by atoms with E-state index in [1.165, 1.54) is 12.1 Å². The average Bonchev–Trinajstić information content (AvgIpc) is 3.39. The number of ether oxygens (including phenoxy) is 2. The number of carbonyl (C=O) groups excluding carboxylic acids is 2. The number of benzene rings is 3. The van der Waals surface area contributed by atoms with Gasteiger partial charge in [-0.1, -0.05) is 36.4 Å². The van der Waals surface area contributed by atoms with Gasteiger partial charge in [0.1, 0.15) is 11.9 Å². The Kier molecular flexibility index (Phi) is 10.1. The van der Waals surface area contributed by atoms with E-state index in [2.05, 4.69) is 16.0 Å². The molecule has 0 spiro atoms.